The van der Waals surface area contributed by atoms with E-state index in [1.807, 2.05) is 30.3 Å². The van der Waals surface area contributed by atoms with Crippen molar-refractivity contribution in [3.63, 3.8) is 0 Å². The predicted molar refractivity (Wildman–Crippen MR) is 113 cm³/mol. The van der Waals surface area contributed by atoms with Crippen molar-refractivity contribution in [2.45, 2.75) is 44.3 Å². The Kier molecular flexibility index (Phi) is 5.88. The van der Waals surface area contributed by atoms with E-state index in [0.29, 0.717) is 4.90 Å². The van der Waals surface area contributed by atoms with E-state index >= 15 is 0 Å². The van der Waals surface area contributed by atoms with Crippen LogP contribution in [0.3, 0.4) is 0 Å². The van der Waals surface area contributed by atoms with E-state index < -0.39 is 10.0 Å². The highest BCUT2D eigenvalue weighted by molar-refractivity contribution is 7.89. The minimum Gasteiger partial charge on any atom is -0.327 e. The van der Waals surface area contributed by atoms with Crippen molar-refractivity contribution in [1.82, 2.24) is 19.2 Å². The molecule has 3 aromatic rings. The zero-order valence-electron chi connectivity index (χ0n) is 17.0. The summed E-state index contributed by atoms with van der Waals surface area (Å²) in [6, 6.07) is 15.3. The molecule has 0 radical (unpaired) electrons. The van der Waals surface area contributed by atoms with Gasteiger partial charge in [-0.15, -0.1) is 0 Å². The average Bonchev–Trinajstić information content (AvgIpc) is 3.06. The van der Waals surface area contributed by atoms with Gasteiger partial charge in [0.2, 0.25) is 10.0 Å². The monoisotopic (exact) mass is 400 g/mol. The maximum atomic E-state index is 12.2. The van der Waals surface area contributed by atoms with Gasteiger partial charge in [0, 0.05) is 26.7 Å². The lowest BCUT2D eigenvalue weighted by atomic mass is 10.1. The van der Waals surface area contributed by atoms with Gasteiger partial charge in [-0.25, -0.2) is 17.7 Å². The Morgan fingerprint density at radius 3 is 2.29 bits per heavy atom. The van der Waals surface area contributed by atoms with E-state index in [1.165, 1.54) is 18.4 Å². The fourth-order valence-electron chi connectivity index (χ4n) is 3.44. The second-order valence-electron chi connectivity index (χ2n) is 7.17. The number of hydrogen-bond acceptors (Lipinski definition) is 4. The van der Waals surface area contributed by atoms with Crippen LogP contribution in [0, 0.1) is 0 Å². The number of sulfonamides is 1. The molecule has 0 amide bonds. The lowest BCUT2D eigenvalue weighted by Crippen LogP contribution is -2.25. The molecule has 2 aromatic carbocycles. The molecule has 1 heterocycles. The van der Waals surface area contributed by atoms with E-state index in [-0.39, 0.29) is 12.1 Å². The van der Waals surface area contributed by atoms with Gasteiger partial charge in [0.1, 0.15) is 5.82 Å². The molecule has 0 aliphatic rings. The molecule has 0 bridgehead atoms. The van der Waals surface area contributed by atoms with Gasteiger partial charge in [0.15, 0.2) is 0 Å². The fraction of sp³-hybridized carbons (Fsp3) is 0.381. The van der Waals surface area contributed by atoms with Crippen LogP contribution in [0.2, 0.25) is 0 Å². The first kappa shape index (κ1) is 20.5. The summed E-state index contributed by atoms with van der Waals surface area (Å²) in [6.07, 6.45) is 0. The molecule has 3 rings (SSSR count). The molecule has 28 heavy (non-hydrogen) atoms. The molecule has 1 aromatic heterocycles. The standard InChI is InChI=1S/C21H28N4O2S/c1-6-25-20-10-8-7-9-19(20)23-21(25)16(3)22-15(2)17-11-13-18(14-12-17)28(26,27)24(4)5/h7-16,22H,6H2,1-5H3/t15-,16+/m0/s1. The fourth-order valence-corrected chi connectivity index (χ4v) is 4.34. The van der Waals surface area contributed by atoms with Crippen molar-refractivity contribution < 1.29 is 8.42 Å². The van der Waals surface area contributed by atoms with E-state index in [1.54, 1.807) is 12.1 Å². The molecular weight excluding hydrogens is 372 g/mol. The van der Waals surface area contributed by atoms with E-state index in [9.17, 15) is 8.42 Å². The van der Waals surface area contributed by atoms with Crippen LogP contribution in [0.1, 0.15) is 44.2 Å². The Labute approximate surface area is 167 Å². The van der Waals surface area contributed by atoms with Gasteiger partial charge in [0.25, 0.3) is 0 Å². The Morgan fingerprint density at radius 1 is 1.04 bits per heavy atom. The molecule has 0 spiro atoms. The summed E-state index contributed by atoms with van der Waals surface area (Å²) in [5, 5.41) is 3.59. The zero-order valence-corrected chi connectivity index (χ0v) is 17.9. The van der Waals surface area contributed by atoms with Crippen LogP contribution in [0.4, 0.5) is 0 Å². The lowest BCUT2D eigenvalue weighted by molar-refractivity contribution is 0.462. The lowest BCUT2D eigenvalue weighted by Gasteiger charge is -2.21. The third-order valence-corrected chi connectivity index (χ3v) is 6.88. The number of aryl methyl sites for hydroxylation is 1. The molecule has 0 saturated carbocycles. The van der Waals surface area contributed by atoms with Crippen molar-refractivity contribution in [2.75, 3.05) is 14.1 Å². The van der Waals surface area contributed by atoms with Crippen molar-refractivity contribution >= 4 is 21.1 Å². The molecule has 0 aliphatic carbocycles. The first-order valence-corrected chi connectivity index (χ1v) is 10.9. The SMILES string of the molecule is CCn1c([C@@H](C)N[C@@H](C)c2ccc(S(=O)(=O)N(C)C)cc2)nc2ccccc21. The summed E-state index contributed by atoms with van der Waals surface area (Å²) in [6.45, 7) is 7.16. The van der Waals surface area contributed by atoms with Gasteiger partial charge in [0.05, 0.1) is 22.0 Å². The summed E-state index contributed by atoms with van der Waals surface area (Å²) in [5.74, 6) is 1.00. The predicted octanol–water partition coefficient (Wildman–Crippen LogP) is 3.72. The zero-order chi connectivity index (χ0) is 20.5. The number of imidazole rings is 1. The summed E-state index contributed by atoms with van der Waals surface area (Å²) in [7, 11) is -0.336. The molecule has 6 nitrogen and oxygen atoms in total. The Bertz CT molecular complexity index is 1060. The van der Waals surface area contributed by atoms with Crippen LogP contribution >= 0.6 is 0 Å². The van der Waals surface area contributed by atoms with Crippen molar-refractivity contribution in [2.24, 2.45) is 0 Å². The maximum absolute atomic E-state index is 12.2. The van der Waals surface area contributed by atoms with Crippen LogP contribution in [-0.2, 0) is 16.6 Å². The molecule has 0 unspecified atom stereocenters. The molecule has 0 fully saturated rings. The first-order chi connectivity index (χ1) is 13.3. The van der Waals surface area contributed by atoms with Gasteiger partial charge in [-0.05, 0) is 50.6 Å². The second-order valence-corrected chi connectivity index (χ2v) is 9.32. The van der Waals surface area contributed by atoms with Gasteiger partial charge in [-0.2, -0.15) is 0 Å². The van der Waals surface area contributed by atoms with Crippen LogP contribution in [0.5, 0.6) is 0 Å². The Balaban J connectivity index is 1.80. The molecule has 1 N–H and O–H groups in total. The largest absolute Gasteiger partial charge is 0.327 e. The minimum atomic E-state index is -3.41. The third kappa shape index (κ3) is 3.83. The van der Waals surface area contributed by atoms with Crippen molar-refractivity contribution in [1.29, 1.82) is 0 Å². The quantitative estimate of drug-likeness (QED) is 0.656. The highest BCUT2D eigenvalue weighted by atomic mass is 32.2. The first-order valence-electron chi connectivity index (χ1n) is 9.49. The van der Waals surface area contributed by atoms with Gasteiger partial charge in [-0.1, -0.05) is 24.3 Å². The highest BCUT2D eigenvalue weighted by Crippen LogP contribution is 2.24. The number of para-hydroxylation sites is 2. The molecular formula is C21H28N4O2S. The Morgan fingerprint density at radius 2 is 1.68 bits per heavy atom. The minimum absolute atomic E-state index is 0.0486. The number of hydrogen-bond donors (Lipinski definition) is 1. The van der Waals surface area contributed by atoms with Gasteiger partial charge in [-0.3, -0.25) is 0 Å². The average molecular weight is 401 g/mol. The topological polar surface area (TPSA) is 67.2 Å². The molecule has 0 aliphatic heterocycles. The number of fused-ring (bicyclic) bond motifs is 1. The Hall–Kier alpha value is -2.22. The third-order valence-electron chi connectivity index (χ3n) is 5.05. The summed E-state index contributed by atoms with van der Waals surface area (Å²) < 4.78 is 27.9. The van der Waals surface area contributed by atoms with Crippen LogP contribution < -0.4 is 5.32 Å². The van der Waals surface area contributed by atoms with Crippen LogP contribution in [0.15, 0.2) is 53.4 Å². The molecule has 7 heteroatoms. The number of aromatic nitrogens is 2. The summed E-state index contributed by atoms with van der Waals surface area (Å²) in [5.41, 5.74) is 3.17. The summed E-state index contributed by atoms with van der Waals surface area (Å²) in [4.78, 5) is 5.11. The van der Waals surface area contributed by atoms with Crippen molar-refractivity contribution in [3.8, 4) is 0 Å². The number of nitrogens with zero attached hydrogens (tertiary/aromatic N) is 3. The smallest absolute Gasteiger partial charge is 0.242 e. The van der Waals surface area contributed by atoms with Crippen LogP contribution in [0.25, 0.3) is 11.0 Å². The second kappa shape index (κ2) is 8.03. The molecule has 150 valence electrons. The number of benzene rings is 2. The van der Waals surface area contributed by atoms with E-state index in [0.717, 1.165) is 29.0 Å². The number of rotatable bonds is 7. The van der Waals surface area contributed by atoms with Gasteiger partial charge >= 0.3 is 0 Å². The normalized spacial score (nSPS) is 14.5. The summed E-state index contributed by atoms with van der Waals surface area (Å²) >= 11 is 0. The van der Waals surface area contributed by atoms with Crippen molar-refractivity contribution in [3.05, 3.63) is 59.9 Å². The van der Waals surface area contributed by atoms with E-state index in [4.69, 9.17) is 4.98 Å². The van der Waals surface area contributed by atoms with Crippen LogP contribution in [-0.4, -0.2) is 36.4 Å². The van der Waals surface area contributed by atoms with E-state index in [2.05, 4.69) is 36.7 Å². The molecule has 0 saturated heterocycles. The maximum Gasteiger partial charge on any atom is 0.242 e. The van der Waals surface area contributed by atoms with Gasteiger partial charge < -0.3 is 9.88 Å². The molecule has 2 atom stereocenters. The highest BCUT2D eigenvalue weighted by Gasteiger charge is 2.20. The number of nitrogens with one attached hydrogen (secondary N) is 1.